The summed E-state index contributed by atoms with van der Waals surface area (Å²) in [5, 5.41) is 3.02. The molecule has 1 aromatic carbocycles. The van der Waals surface area contributed by atoms with Crippen molar-refractivity contribution in [2.24, 2.45) is 5.92 Å². The summed E-state index contributed by atoms with van der Waals surface area (Å²) in [6.45, 7) is 4.91. The number of piperidine rings is 1. The monoisotopic (exact) mass is 317 g/mol. The van der Waals surface area contributed by atoms with Crippen LogP contribution in [0.3, 0.4) is 0 Å². The van der Waals surface area contributed by atoms with E-state index in [1.54, 1.807) is 6.92 Å². The van der Waals surface area contributed by atoms with Crippen LogP contribution in [0.25, 0.3) is 0 Å². The Morgan fingerprint density at radius 2 is 1.78 bits per heavy atom. The first kappa shape index (κ1) is 17.5. The molecule has 5 heteroatoms. The summed E-state index contributed by atoms with van der Waals surface area (Å²) >= 11 is 0. The van der Waals surface area contributed by atoms with Gasteiger partial charge in [-0.2, -0.15) is 0 Å². The number of ketones is 1. The number of amides is 1. The number of nitrogens with one attached hydrogen (secondary N) is 1. The van der Waals surface area contributed by atoms with Crippen LogP contribution < -0.4 is 10.2 Å². The number of hydrogen-bond donors (Lipinski definition) is 1. The van der Waals surface area contributed by atoms with E-state index in [0.717, 1.165) is 43.7 Å². The zero-order valence-electron chi connectivity index (χ0n) is 14.3. The molecule has 0 spiro atoms. The van der Waals surface area contributed by atoms with Crippen molar-refractivity contribution in [1.82, 2.24) is 10.2 Å². The normalized spacial score (nSPS) is 15.7. The lowest BCUT2D eigenvalue weighted by Gasteiger charge is -2.33. The topological polar surface area (TPSA) is 52.7 Å². The second kappa shape index (κ2) is 8.11. The molecule has 0 aliphatic carbocycles. The Kier molecular flexibility index (Phi) is 6.16. The highest BCUT2D eigenvalue weighted by molar-refractivity contribution is 5.94. The Balaban J connectivity index is 1.81. The third kappa shape index (κ3) is 5.06. The molecule has 0 saturated carbocycles. The van der Waals surface area contributed by atoms with Gasteiger partial charge in [-0.3, -0.25) is 9.59 Å². The van der Waals surface area contributed by atoms with Crippen molar-refractivity contribution in [1.29, 1.82) is 0 Å². The first-order valence-corrected chi connectivity index (χ1v) is 8.26. The van der Waals surface area contributed by atoms with E-state index in [0.29, 0.717) is 6.54 Å². The Hall–Kier alpha value is -1.88. The fourth-order valence-electron chi connectivity index (χ4n) is 2.85. The molecule has 1 N–H and O–H groups in total. The molecule has 0 bridgehead atoms. The number of anilines is 1. The number of Topliss-reactive ketones (excluding diaryl/α,β-unsaturated/α-hetero) is 1. The maximum Gasteiger partial charge on any atom is 0.223 e. The number of carbonyl (C=O) groups excluding carboxylic acids is 2. The predicted molar refractivity (Wildman–Crippen MR) is 92.9 cm³/mol. The molecular formula is C18H27N3O2. The van der Waals surface area contributed by atoms with Crippen LogP contribution in [0.15, 0.2) is 24.3 Å². The van der Waals surface area contributed by atoms with Gasteiger partial charge in [-0.1, -0.05) is 0 Å². The molecule has 23 heavy (non-hydrogen) atoms. The third-order valence-corrected chi connectivity index (χ3v) is 4.36. The summed E-state index contributed by atoms with van der Waals surface area (Å²) in [5.74, 6) is 0.382. The molecule has 1 aromatic rings. The SMILES string of the molecule is CC(=O)c1ccc(N2CCC(C(=O)NCCN(C)C)CC2)cc1. The highest BCUT2D eigenvalue weighted by atomic mass is 16.2. The predicted octanol–water partition coefficient (Wildman–Crippen LogP) is 1.78. The average Bonchev–Trinajstić information content (AvgIpc) is 2.54. The maximum atomic E-state index is 12.2. The molecule has 1 aliphatic heterocycles. The second-order valence-corrected chi connectivity index (χ2v) is 6.46. The molecule has 0 radical (unpaired) electrons. The van der Waals surface area contributed by atoms with Crippen LogP contribution in [0.1, 0.15) is 30.1 Å². The van der Waals surface area contributed by atoms with Crippen LogP contribution in [0.2, 0.25) is 0 Å². The van der Waals surface area contributed by atoms with Gasteiger partial charge in [0, 0.05) is 43.3 Å². The molecule has 0 atom stereocenters. The maximum absolute atomic E-state index is 12.2. The highest BCUT2D eigenvalue weighted by Gasteiger charge is 2.24. The van der Waals surface area contributed by atoms with E-state index >= 15 is 0 Å². The minimum Gasteiger partial charge on any atom is -0.371 e. The first-order valence-electron chi connectivity index (χ1n) is 8.26. The van der Waals surface area contributed by atoms with Gasteiger partial charge in [0.2, 0.25) is 5.91 Å². The summed E-state index contributed by atoms with van der Waals surface area (Å²) in [6.07, 6.45) is 1.75. The van der Waals surface area contributed by atoms with Crippen LogP contribution in [-0.4, -0.2) is 56.9 Å². The van der Waals surface area contributed by atoms with E-state index in [1.165, 1.54) is 0 Å². The van der Waals surface area contributed by atoms with Crippen molar-refractivity contribution in [2.75, 3.05) is 45.2 Å². The molecule has 1 amide bonds. The van der Waals surface area contributed by atoms with Crippen LogP contribution in [0.5, 0.6) is 0 Å². The largest absolute Gasteiger partial charge is 0.371 e. The van der Waals surface area contributed by atoms with Crippen molar-refractivity contribution in [2.45, 2.75) is 19.8 Å². The van der Waals surface area contributed by atoms with Crippen LogP contribution in [0, 0.1) is 5.92 Å². The van der Waals surface area contributed by atoms with Gasteiger partial charge < -0.3 is 15.1 Å². The van der Waals surface area contributed by atoms with Gasteiger partial charge in [0.15, 0.2) is 5.78 Å². The number of rotatable bonds is 6. The summed E-state index contributed by atoms with van der Waals surface area (Å²) in [5.41, 5.74) is 1.87. The quantitative estimate of drug-likeness (QED) is 0.813. The molecule has 5 nitrogen and oxygen atoms in total. The van der Waals surface area contributed by atoms with Gasteiger partial charge >= 0.3 is 0 Å². The number of likely N-dealkylation sites (N-methyl/N-ethyl adjacent to an activating group) is 1. The lowest BCUT2D eigenvalue weighted by atomic mass is 9.95. The molecule has 0 unspecified atom stereocenters. The standard InChI is InChI=1S/C18H27N3O2/c1-14(22)15-4-6-17(7-5-15)21-11-8-16(9-12-21)18(23)19-10-13-20(2)3/h4-7,16H,8-13H2,1-3H3,(H,19,23). The van der Waals surface area contributed by atoms with Crippen molar-refractivity contribution < 1.29 is 9.59 Å². The molecule has 1 saturated heterocycles. The lowest BCUT2D eigenvalue weighted by molar-refractivity contribution is -0.125. The Morgan fingerprint density at radius 3 is 2.30 bits per heavy atom. The Bertz CT molecular complexity index is 532. The second-order valence-electron chi connectivity index (χ2n) is 6.46. The van der Waals surface area contributed by atoms with Crippen molar-refractivity contribution in [3.8, 4) is 0 Å². The fraction of sp³-hybridized carbons (Fsp3) is 0.556. The van der Waals surface area contributed by atoms with Crippen LogP contribution >= 0.6 is 0 Å². The Labute approximate surface area is 138 Å². The van der Waals surface area contributed by atoms with E-state index in [9.17, 15) is 9.59 Å². The highest BCUT2D eigenvalue weighted by Crippen LogP contribution is 2.23. The molecule has 1 aliphatic rings. The summed E-state index contributed by atoms with van der Waals surface area (Å²) in [4.78, 5) is 27.8. The van der Waals surface area contributed by atoms with Gasteiger partial charge in [-0.15, -0.1) is 0 Å². The molecule has 2 rings (SSSR count). The average molecular weight is 317 g/mol. The fourth-order valence-corrected chi connectivity index (χ4v) is 2.85. The van der Waals surface area contributed by atoms with E-state index in [4.69, 9.17) is 0 Å². The van der Waals surface area contributed by atoms with Crippen LogP contribution in [0.4, 0.5) is 5.69 Å². The minimum atomic E-state index is 0.0876. The molecule has 1 fully saturated rings. The zero-order valence-corrected chi connectivity index (χ0v) is 14.3. The molecular weight excluding hydrogens is 290 g/mol. The molecule has 0 aromatic heterocycles. The first-order chi connectivity index (χ1) is 11.0. The molecule has 126 valence electrons. The van der Waals surface area contributed by atoms with Gasteiger partial charge in [0.1, 0.15) is 0 Å². The van der Waals surface area contributed by atoms with E-state index in [-0.39, 0.29) is 17.6 Å². The zero-order chi connectivity index (χ0) is 16.8. The van der Waals surface area contributed by atoms with Crippen LogP contribution in [-0.2, 0) is 4.79 Å². The van der Waals surface area contributed by atoms with Crippen molar-refractivity contribution in [3.05, 3.63) is 29.8 Å². The van der Waals surface area contributed by atoms with Gasteiger partial charge in [-0.05, 0) is 58.1 Å². The van der Waals surface area contributed by atoms with E-state index in [2.05, 4.69) is 15.1 Å². The number of carbonyl (C=O) groups is 2. The summed E-state index contributed by atoms with van der Waals surface area (Å²) in [7, 11) is 4.00. The van der Waals surface area contributed by atoms with Gasteiger partial charge in [-0.25, -0.2) is 0 Å². The van der Waals surface area contributed by atoms with E-state index in [1.807, 2.05) is 38.4 Å². The van der Waals surface area contributed by atoms with Crippen molar-refractivity contribution >= 4 is 17.4 Å². The van der Waals surface area contributed by atoms with E-state index < -0.39 is 0 Å². The summed E-state index contributed by atoms with van der Waals surface area (Å²) in [6, 6.07) is 7.73. The number of nitrogens with zero attached hydrogens (tertiary/aromatic N) is 2. The van der Waals surface area contributed by atoms with Crippen molar-refractivity contribution in [3.63, 3.8) is 0 Å². The molecule has 1 heterocycles. The van der Waals surface area contributed by atoms with Gasteiger partial charge in [0.05, 0.1) is 0 Å². The number of hydrogen-bond acceptors (Lipinski definition) is 4. The Morgan fingerprint density at radius 1 is 1.17 bits per heavy atom. The number of benzene rings is 1. The van der Waals surface area contributed by atoms with Gasteiger partial charge in [0.25, 0.3) is 0 Å². The summed E-state index contributed by atoms with van der Waals surface area (Å²) < 4.78 is 0. The lowest BCUT2D eigenvalue weighted by Crippen LogP contribution is -2.42. The smallest absolute Gasteiger partial charge is 0.223 e. The third-order valence-electron chi connectivity index (χ3n) is 4.36. The minimum absolute atomic E-state index is 0.0876.